The molecule has 1 heterocycles. The smallest absolute Gasteiger partial charge is 0.161 e. The summed E-state index contributed by atoms with van der Waals surface area (Å²) in [4.78, 5) is 0. The van der Waals surface area contributed by atoms with Gasteiger partial charge in [0.2, 0.25) is 0 Å². The molecule has 1 aromatic heterocycles. The van der Waals surface area contributed by atoms with E-state index in [1.165, 1.54) is 5.56 Å². The normalized spacial score (nSPS) is 10.6. The molecule has 5 heteroatoms. The van der Waals surface area contributed by atoms with Crippen LogP contribution in [-0.4, -0.2) is 23.4 Å². The minimum absolute atomic E-state index is 0.489. The summed E-state index contributed by atoms with van der Waals surface area (Å²) >= 11 is 0. The van der Waals surface area contributed by atoms with E-state index in [0.29, 0.717) is 6.61 Å². The van der Waals surface area contributed by atoms with Crippen LogP contribution in [0.5, 0.6) is 11.5 Å². The van der Waals surface area contributed by atoms with E-state index < -0.39 is 0 Å². The van der Waals surface area contributed by atoms with Crippen LogP contribution in [0, 0.1) is 0 Å². The van der Waals surface area contributed by atoms with E-state index in [-0.39, 0.29) is 0 Å². The topological polar surface area (TPSA) is 48.3 Å². The van der Waals surface area contributed by atoms with Crippen molar-refractivity contribution < 1.29 is 9.47 Å². The van der Waals surface area contributed by atoms with Gasteiger partial charge in [0.15, 0.2) is 11.5 Å². The molecular weight excluding hydrogens is 266 g/mol. The van der Waals surface area contributed by atoms with Crippen LogP contribution < -0.4 is 14.8 Å². The molecule has 0 bridgehead atoms. The van der Waals surface area contributed by atoms with Crippen molar-refractivity contribution in [3.8, 4) is 11.5 Å². The summed E-state index contributed by atoms with van der Waals surface area (Å²) in [6.07, 6.45) is 3.82. The third kappa shape index (κ3) is 4.23. The minimum atomic E-state index is 0.489. The first-order chi connectivity index (χ1) is 10.3. The summed E-state index contributed by atoms with van der Waals surface area (Å²) in [5.74, 6) is 1.51. The molecule has 0 saturated heterocycles. The average Bonchev–Trinajstić information content (AvgIpc) is 2.99. The van der Waals surface area contributed by atoms with Crippen molar-refractivity contribution >= 4 is 0 Å². The van der Waals surface area contributed by atoms with Crippen molar-refractivity contribution in [3.63, 3.8) is 0 Å². The van der Waals surface area contributed by atoms with Gasteiger partial charge in [-0.2, -0.15) is 5.10 Å². The highest BCUT2D eigenvalue weighted by Crippen LogP contribution is 2.28. The van der Waals surface area contributed by atoms with Gasteiger partial charge < -0.3 is 14.8 Å². The van der Waals surface area contributed by atoms with Crippen LogP contribution in [0.3, 0.4) is 0 Å². The third-order valence-corrected chi connectivity index (χ3v) is 3.21. The van der Waals surface area contributed by atoms with E-state index in [9.17, 15) is 0 Å². The Morgan fingerprint density at radius 2 is 2.05 bits per heavy atom. The molecule has 0 radical (unpaired) electrons. The third-order valence-electron chi connectivity index (χ3n) is 3.21. The van der Waals surface area contributed by atoms with Crippen LogP contribution in [0.25, 0.3) is 0 Å². The Hall–Kier alpha value is -2.01. The SMILES string of the molecule is CCNCc1ccc(OCc2cnn(CC)c2)c(OC)c1. The van der Waals surface area contributed by atoms with Gasteiger partial charge in [-0.15, -0.1) is 0 Å². The highest BCUT2D eigenvalue weighted by Gasteiger charge is 2.07. The molecule has 0 aliphatic rings. The lowest BCUT2D eigenvalue weighted by Gasteiger charge is -2.12. The number of benzene rings is 1. The quantitative estimate of drug-likeness (QED) is 0.811. The van der Waals surface area contributed by atoms with Crippen LogP contribution >= 0.6 is 0 Å². The maximum atomic E-state index is 5.83. The summed E-state index contributed by atoms with van der Waals surface area (Å²) < 4.78 is 13.1. The van der Waals surface area contributed by atoms with Crippen LogP contribution in [0.15, 0.2) is 30.6 Å². The monoisotopic (exact) mass is 289 g/mol. The number of aryl methyl sites for hydroxylation is 1. The summed E-state index contributed by atoms with van der Waals surface area (Å²) in [6.45, 7) is 7.28. The molecular formula is C16H23N3O2. The Balaban J connectivity index is 2.01. The molecule has 0 saturated carbocycles. The summed E-state index contributed by atoms with van der Waals surface area (Å²) in [5.41, 5.74) is 2.23. The first kappa shape index (κ1) is 15.4. The first-order valence-electron chi connectivity index (χ1n) is 7.28. The lowest BCUT2D eigenvalue weighted by atomic mass is 10.2. The van der Waals surface area contributed by atoms with Gasteiger partial charge in [-0.1, -0.05) is 13.0 Å². The zero-order valence-electron chi connectivity index (χ0n) is 12.9. The summed E-state index contributed by atoms with van der Waals surface area (Å²) in [6, 6.07) is 6.01. The van der Waals surface area contributed by atoms with Crippen molar-refractivity contribution in [2.75, 3.05) is 13.7 Å². The fraction of sp³-hybridized carbons (Fsp3) is 0.438. The Bertz CT molecular complexity index is 566. The fourth-order valence-corrected chi connectivity index (χ4v) is 2.03. The highest BCUT2D eigenvalue weighted by molar-refractivity contribution is 5.43. The van der Waals surface area contributed by atoms with Crippen LogP contribution in [0.1, 0.15) is 25.0 Å². The Labute approximate surface area is 125 Å². The number of rotatable bonds is 8. The van der Waals surface area contributed by atoms with E-state index in [0.717, 1.165) is 36.7 Å². The number of hydrogen-bond donors (Lipinski definition) is 1. The van der Waals surface area contributed by atoms with E-state index in [1.807, 2.05) is 29.2 Å². The van der Waals surface area contributed by atoms with Crippen LogP contribution in [0.2, 0.25) is 0 Å². The second-order valence-corrected chi connectivity index (χ2v) is 4.76. The van der Waals surface area contributed by atoms with Gasteiger partial charge in [0.05, 0.1) is 13.3 Å². The molecule has 0 spiro atoms. The lowest BCUT2D eigenvalue weighted by molar-refractivity contribution is 0.284. The number of ether oxygens (including phenoxy) is 2. The zero-order chi connectivity index (χ0) is 15.1. The minimum Gasteiger partial charge on any atom is -0.493 e. The molecule has 5 nitrogen and oxygen atoms in total. The molecule has 1 N–H and O–H groups in total. The van der Waals surface area contributed by atoms with Crippen molar-refractivity contribution in [1.82, 2.24) is 15.1 Å². The predicted octanol–water partition coefficient (Wildman–Crippen LogP) is 2.60. The van der Waals surface area contributed by atoms with E-state index in [1.54, 1.807) is 7.11 Å². The predicted molar refractivity (Wildman–Crippen MR) is 82.6 cm³/mol. The number of nitrogens with zero attached hydrogens (tertiary/aromatic N) is 2. The average molecular weight is 289 g/mol. The Kier molecular flexibility index (Phi) is 5.63. The first-order valence-corrected chi connectivity index (χ1v) is 7.28. The fourth-order valence-electron chi connectivity index (χ4n) is 2.03. The molecule has 0 amide bonds. The number of nitrogens with one attached hydrogen (secondary N) is 1. The lowest BCUT2D eigenvalue weighted by Crippen LogP contribution is -2.11. The maximum absolute atomic E-state index is 5.83. The van der Waals surface area contributed by atoms with Crippen molar-refractivity contribution in [2.45, 2.75) is 33.5 Å². The van der Waals surface area contributed by atoms with Gasteiger partial charge in [-0.05, 0) is 31.2 Å². The molecule has 0 fully saturated rings. The molecule has 0 aliphatic carbocycles. The molecule has 0 atom stereocenters. The van der Waals surface area contributed by atoms with Crippen molar-refractivity contribution in [1.29, 1.82) is 0 Å². The largest absolute Gasteiger partial charge is 0.493 e. The van der Waals surface area contributed by atoms with Gasteiger partial charge >= 0.3 is 0 Å². The second-order valence-electron chi connectivity index (χ2n) is 4.76. The standard InChI is InChI=1S/C16H23N3O2/c1-4-17-9-13-6-7-15(16(8-13)20-3)21-12-14-10-18-19(5-2)11-14/h6-8,10-11,17H,4-5,9,12H2,1-3H3. The molecule has 114 valence electrons. The Morgan fingerprint density at radius 3 is 2.71 bits per heavy atom. The van der Waals surface area contributed by atoms with Gasteiger partial charge in [0.1, 0.15) is 6.61 Å². The molecule has 0 unspecified atom stereocenters. The van der Waals surface area contributed by atoms with Crippen LogP contribution in [0.4, 0.5) is 0 Å². The van der Waals surface area contributed by atoms with Gasteiger partial charge in [0, 0.05) is 24.8 Å². The molecule has 2 rings (SSSR count). The molecule has 21 heavy (non-hydrogen) atoms. The van der Waals surface area contributed by atoms with E-state index in [4.69, 9.17) is 9.47 Å². The van der Waals surface area contributed by atoms with E-state index >= 15 is 0 Å². The number of methoxy groups -OCH3 is 1. The van der Waals surface area contributed by atoms with Gasteiger partial charge in [-0.3, -0.25) is 4.68 Å². The van der Waals surface area contributed by atoms with Gasteiger partial charge in [-0.25, -0.2) is 0 Å². The number of hydrogen-bond acceptors (Lipinski definition) is 4. The molecule has 2 aromatic rings. The maximum Gasteiger partial charge on any atom is 0.161 e. The zero-order valence-corrected chi connectivity index (χ0v) is 12.9. The molecule has 1 aromatic carbocycles. The van der Waals surface area contributed by atoms with E-state index in [2.05, 4.69) is 30.3 Å². The highest BCUT2D eigenvalue weighted by atomic mass is 16.5. The Morgan fingerprint density at radius 1 is 1.19 bits per heavy atom. The van der Waals surface area contributed by atoms with Crippen molar-refractivity contribution in [2.24, 2.45) is 0 Å². The summed E-state index contributed by atoms with van der Waals surface area (Å²) in [7, 11) is 1.66. The summed E-state index contributed by atoms with van der Waals surface area (Å²) in [5, 5.41) is 7.53. The second kappa shape index (κ2) is 7.69. The van der Waals surface area contributed by atoms with Crippen LogP contribution in [-0.2, 0) is 19.7 Å². The van der Waals surface area contributed by atoms with Gasteiger partial charge in [0.25, 0.3) is 0 Å². The molecule has 0 aliphatic heterocycles. The van der Waals surface area contributed by atoms with Crippen molar-refractivity contribution in [3.05, 3.63) is 41.7 Å². The number of aromatic nitrogens is 2.